The molecule has 0 aromatic heterocycles. The van der Waals surface area contributed by atoms with E-state index in [2.05, 4.69) is 10.6 Å². The number of hydrogen-bond donors (Lipinski definition) is 2. The fourth-order valence-corrected chi connectivity index (χ4v) is 2.41. The minimum atomic E-state index is 0.0338. The first kappa shape index (κ1) is 15.1. The van der Waals surface area contributed by atoms with Crippen molar-refractivity contribution in [3.8, 4) is 0 Å². The van der Waals surface area contributed by atoms with E-state index in [1.165, 1.54) is 0 Å². The Kier molecular flexibility index (Phi) is 5.64. The average Bonchev–Trinajstić information content (AvgIpc) is 3.27. The van der Waals surface area contributed by atoms with Crippen LogP contribution in [0.5, 0.6) is 0 Å². The fraction of sp³-hybridized carbons (Fsp3) is 0.857. The molecule has 20 heavy (non-hydrogen) atoms. The zero-order chi connectivity index (χ0) is 14.4. The second-order valence-corrected chi connectivity index (χ2v) is 5.62. The number of amides is 3. The van der Waals surface area contributed by atoms with Gasteiger partial charge in [0.05, 0.1) is 0 Å². The molecule has 2 aliphatic rings. The molecular weight excluding hydrogens is 258 g/mol. The van der Waals surface area contributed by atoms with Crippen molar-refractivity contribution in [2.24, 2.45) is 5.92 Å². The Morgan fingerprint density at radius 2 is 1.90 bits per heavy atom. The van der Waals surface area contributed by atoms with Gasteiger partial charge in [0.2, 0.25) is 5.91 Å². The maximum Gasteiger partial charge on any atom is 0.317 e. The third-order valence-electron chi connectivity index (χ3n) is 3.88. The second kappa shape index (κ2) is 7.47. The molecule has 2 N–H and O–H groups in total. The van der Waals surface area contributed by atoms with Gasteiger partial charge in [-0.25, -0.2) is 4.79 Å². The molecule has 1 saturated carbocycles. The predicted molar refractivity (Wildman–Crippen MR) is 75.4 cm³/mol. The van der Waals surface area contributed by atoms with E-state index in [4.69, 9.17) is 4.74 Å². The van der Waals surface area contributed by atoms with Crippen LogP contribution in [0.3, 0.4) is 0 Å². The smallest absolute Gasteiger partial charge is 0.317 e. The van der Waals surface area contributed by atoms with Gasteiger partial charge < -0.3 is 20.3 Å². The maximum absolute atomic E-state index is 12.0. The quantitative estimate of drug-likeness (QED) is 0.706. The van der Waals surface area contributed by atoms with Crippen molar-refractivity contribution in [1.82, 2.24) is 15.5 Å². The number of hydrogen-bond acceptors (Lipinski definition) is 3. The second-order valence-electron chi connectivity index (χ2n) is 5.62. The average molecular weight is 283 g/mol. The third kappa shape index (κ3) is 4.67. The number of carbonyl (C=O) groups excluding carboxylic acids is 2. The molecule has 2 fully saturated rings. The Balaban J connectivity index is 1.62. The normalized spacial score (nSPS) is 19.8. The summed E-state index contributed by atoms with van der Waals surface area (Å²) in [6, 6.07) is 0.427. The number of carbonyl (C=O) groups is 2. The van der Waals surface area contributed by atoms with E-state index in [0.717, 1.165) is 32.1 Å². The summed E-state index contributed by atoms with van der Waals surface area (Å²) in [7, 11) is 1.66. The molecular formula is C14H25N3O3. The van der Waals surface area contributed by atoms with Crippen LogP contribution in [0.25, 0.3) is 0 Å². The van der Waals surface area contributed by atoms with E-state index < -0.39 is 0 Å². The van der Waals surface area contributed by atoms with Crippen LogP contribution < -0.4 is 10.6 Å². The number of likely N-dealkylation sites (tertiary alicyclic amines) is 1. The van der Waals surface area contributed by atoms with E-state index in [-0.39, 0.29) is 17.9 Å². The Morgan fingerprint density at radius 3 is 2.50 bits per heavy atom. The molecule has 0 radical (unpaired) electrons. The molecule has 0 spiro atoms. The van der Waals surface area contributed by atoms with Crippen molar-refractivity contribution in [2.45, 2.75) is 38.1 Å². The summed E-state index contributed by atoms with van der Waals surface area (Å²) in [5, 5.41) is 5.92. The van der Waals surface area contributed by atoms with Crippen LogP contribution in [0.4, 0.5) is 4.79 Å². The molecule has 1 heterocycles. The molecule has 6 nitrogen and oxygen atoms in total. The van der Waals surface area contributed by atoms with Crippen LogP contribution >= 0.6 is 0 Å². The molecule has 0 aromatic rings. The van der Waals surface area contributed by atoms with Crippen molar-refractivity contribution in [3.05, 3.63) is 0 Å². The van der Waals surface area contributed by atoms with Gasteiger partial charge in [0.1, 0.15) is 0 Å². The highest BCUT2D eigenvalue weighted by molar-refractivity contribution is 5.79. The van der Waals surface area contributed by atoms with Crippen LogP contribution in [0.15, 0.2) is 0 Å². The van der Waals surface area contributed by atoms with Gasteiger partial charge in [-0.2, -0.15) is 0 Å². The lowest BCUT2D eigenvalue weighted by Gasteiger charge is -2.31. The highest BCUT2D eigenvalue weighted by Crippen LogP contribution is 2.21. The maximum atomic E-state index is 12.0. The molecule has 3 amide bonds. The van der Waals surface area contributed by atoms with E-state index in [1.807, 2.05) is 4.90 Å². The number of nitrogens with zero attached hydrogens (tertiary/aromatic N) is 1. The Hall–Kier alpha value is -1.30. The third-order valence-corrected chi connectivity index (χ3v) is 3.88. The van der Waals surface area contributed by atoms with Gasteiger partial charge in [0.25, 0.3) is 0 Å². The highest BCUT2D eigenvalue weighted by Gasteiger charge is 2.30. The topological polar surface area (TPSA) is 70.7 Å². The van der Waals surface area contributed by atoms with Crippen LogP contribution in [-0.4, -0.2) is 56.2 Å². The summed E-state index contributed by atoms with van der Waals surface area (Å²) in [4.78, 5) is 25.7. The van der Waals surface area contributed by atoms with Gasteiger partial charge >= 0.3 is 6.03 Å². The van der Waals surface area contributed by atoms with Gasteiger partial charge in [-0.15, -0.1) is 0 Å². The largest absolute Gasteiger partial charge is 0.385 e. The minimum Gasteiger partial charge on any atom is -0.385 e. The lowest BCUT2D eigenvalue weighted by Crippen LogP contribution is -2.47. The number of methoxy groups -OCH3 is 1. The molecule has 0 atom stereocenters. The monoisotopic (exact) mass is 283 g/mol. The van der Waals surface area contributed by atoms with Crippen molar-refractivity contribution < 1.29 is 14.3 Å². The minimum absolute atomic E-state index is 0.0338. The Morgan fingerprint density at radius 1 is 1.20 bits per heavy atom. The summed E-state index contributed by atoms with van der Waals surface area (Å²) in [6.07, 6.45) is 4.56. The van der Waals surface area contributed by atoms with Crippen molar-refractivity contribution in [1.29, 1.82) is 0 Å². The summed E-state index contributed by atoms with van der Waals surface area (Å²) < 4.78 is 4.94. The van der Waals surface area contributed by atoms with E-state index in [9.17, 15) is 9.59 Å². The first-order valence-corrected chi connectivity index (χ1v) is 7.53. The summed E-state index contributed by atoms with van der Waals surface area (Å²) in [6.45, 7) is 2.68. The van der Waals surface area contributed by atoms with E-state index >= 15 is 0 Å². The molecule has 114 valence electrons. The van der Waals surface area contributed by atoms with Crippen molar-refractivity contribution in [3.63, 3.8) is 0 Å². The number of nitrogens with one attached hydrogen (secondary N) is 2. The predicted octanol–water partition coefficient (Wildman–Crippen LogP) is 0.723. The first-order chi connectivity index (χ1) is 9.70. The zero-order valence-electron chi connectivity index (χ0n) is 12.2. The van der Waals surface area contributed by atoms with Crippen molar-refractivity contribution in [2.75, 3.05) is 33.4 Å². The molecule has 0 unspecified atom stereocenters. The SMILES string of the molecule is COCCCNC(=O)C1CCN(C(=O)NC2CC2)CC1. The number of rotatable bonds is 6. The van der Waals surface area contributed by atoms with Gasteiger partial charge in [0, 0.05) is 45.3 Å². The van der Waals surface area contributed by atoms with Gasteiger partial charge in [-0.3, -0.25) is 4.79 Å². The van der Waals surface area contributed by atoms with Gasteiger partial charge in [-0.1, -0.05) is 0 Å². The Labute approximate surface area is 120 Å². The van der Waals surface area contributed by atoms with Gasteiger partial charge in [-0.05, 0) is 32.1 Å². The van der Waals surface area contributed by atoms with E-state index in [0.29, 0.717) is 32.3 Å². The summed E-state index contributed by atoms with van der Waals surface area (Å²) in [5.74, 6) is 0.158. The lowest BCUT2D eigenvalue weighted by molar-refractivity contribution is -0.126. The van der Waals surface area contributed by atoms with Crippen molar-refractivity contribution >= 4 is 11.9 Å². The molecule has 1 aliphatic carbocycles. The van der Waals surface area contributed by atoms with E-state index in [1.54, 1.807) is 7.11 Å². The molecule has 2 rings (SSSR count). The van der Waals surface area contributed by atoms with Crippen LogP contribution in [0.2, 0.25) is 0 Å². The van der Waals surface area contributed by atoms with Crippen LogP contribution in [0, 0.1) is 5.92 Å². The zero-order valence-corrected chi connectivity index (χ0v) is 12.2. The molecule has 6 heteroatoms. The molecule has 0 bridgehead atoms. The van der Waals surface area contributed by atoms with Gasteiger partial charge in [0.15, 0.2) is 0 Å². The standard InChI is InChI=1S/C14H25N3O3/c1-20-10-2-7-15-13(18)11-5-8-17(9-6-11)14(19)16-12-3-4-12/h11-12H,2-10H2,1H3,(H,15,18)(H,16,19). The van der Waals surface area contributed by atoms with Crippen LogP contribution in [0.1, 0.15) is 32.1 Å². The summed E-state index contributed by atoms with van der Waals surface area (Å²) in [5.41, 5.74) is 0. The molecule has 0 aromatic carbocycles. The Bertz CT molecular complexity index is 337. The number of ether oxygens (including phenoxy) is 1. The number of piperidine rings is 1. The lowest BCUT2D eigenvalue weighted by atomic mass is 9.96. The first-order valence-electron chi connectivity index (χ1n) is 7.53. The number of urea groups is 1. The fourth-order valence-electron chi connectivity index (χ4n) is 2.41. The van der Waals surface area contributed by atoms with Crippen LogP contribution in [-0.2, 0) is 9.53 Å². The molecule has 1 saturated heterocycles. The molecule has 1 aliphatic heterocycles. The highest BCUT2D eigenvalue weighted by atomic mass is 16.5. The summed E-state index contributed by atoms with van der Waals surface area (Å²) >= 11 is 0.